The molecule has 0 saturated heterocycles. The van der Waals surface area contributed by atoms with E-state index in [2.05, 4.69) is 50.4 Å². The summed E-state index contributed by atoms with van der Waals surface area (Å²) in [5, 5.41) is 2.86. The van der Waals surface area contributed by atoms with Crippen LogP contribution in [0.3, 0.4) is 0 Å². The number of rotatable bonds is 5. The zero-order chi connectivity index (χ0) is 16.0. The van der Waals surface area contributed by atoms with Crippen LogP contribution in [0.25, 0.3) is 0 Å². The van der Waals surface area contributed by atoms with Crippen molar-refractivity contribution in [2.75, 3.05) is 6.61 Å². The fourth-order valence-electron chi connectivity index (χ4n) is 2.04. The molecule has 0 radical (unpaired) electrons. The van der Waals surface area contributed by atoms with E-state index in [-0.39, 0.29) is 17.9 Å². The summed E-state index contributed by atoms with van der Waals surface area (Å²) in [6, 6.07) is 17.7. The minimum atomic E-state index is -0.122. The molecular formula is C19H23NO2. The second-order valence-electron chi connectivity index (χ2n) is 6.33. The number of hydrogen-bond donors (Lipinski definition) is 1. The van der Waals surface area contributed by atoms with Crippen LogP contribution in [0.4, 0.5) is 0 Å². The summed E-state index contributed by atoms with van der Waals surface area (Å²) in [6.07, 6.45) is 0. The average molecular weight is 297 g/mol. The Kier molecular flexibility index (Phi) is 5.21. The lowest BCUT2D eigenvalue weighted by atomic mass is 9.87. The Morgan fingerprint density at radius 3 is 2.23 bits per heavy atom. The van der Waals surface area contributed by atoms with Crippen molar-refractivity contribution in [1.82, 2.24) is 5.32 Å². The molecule has 22 heavy (non-hydrogen) atoms. The van der Waals surface area contributed by atoms with Gasteiger partial charge in [-0.15, -0.1) is 0 Å². The molecule has 2 aromatic carbocycles. The van der Waals surface area contributed by atoms with Crippen molar-refractivity contribution in [3.63, 3.8) is 0 Å². The van der Waals surface area contributed by atoms with Gasteiger partial charge in [-0.2, -0.15) is 0 Å². The van der Waals surface area contributed by atoms with Crippen molar-refractivity contribution in [1.29, 1.82) is 0 Å². The largest absolute Gasteiger partial charge is 0.484 e. The van der Waals surface area contributed by atoms with Crippen LogP contribution in [-0.2, 0) is 16.8 Å². The van der Waals surface area contributed by atoms with E-state index in [9.17, 15) is 4.79 Å². The second-order valence-corrected chi connectivity index (χ2v) is 6.33. The predicted octanol–water partition coefficient (Wildman–Crippen LogP) is 3.68. The molecule has 0 unspecified atom stereocenters. The number of hydrogen-bond acceptors (Lipinski definition) is 2. The summed E-state index contributed by atoms with van der Waals surface area (Å²) in [7, 11) is 0. The Morgan fingerprint density at radius 2 is 1.64 bits per heavy atom. The highest BCUT2D eigenvalue weighted by molar-refractivity contribution is 5.77. The molecule has 2 aromatic rings. The molecule has 0 aliphatic rings. The lowest BCUT2D eigenvalue weighted by molar-refractivity contribution is -0.123. The predicted molar refractivity (Wildman–Crippen MR) is 88.9 cm³/mol. The molecule has 0 fully saturated rings. The van der Waals surface area contributed by atoms with E-state index >= 15 is 0 Å². The summed E-state index contributed by atoms with van der Waals surface area (Å²) in [5.41, 5.74) is 2.52. The monoisotopic (exact) mass is 297 g/mol. The maximum absolute atomic E-state index is 11.8. The summed E-state index contributed by atoms with van der Waals surface area (Å²) in [5.74, 6) is 0.580. The Bertz CT molecular complexity index is 598. The smallest absolute Gasteiger partial charge is 0.258 e. The van der Waals surface area contributed by atoms with Gasteiger partial charge in [0, 0.05) is 6.54 Å². The van der Waals surface area contributed by atoms with Crippen molar-refractivity contribution >= 4 is 5.91 Å². The molecule has 0 heterocycles. The van der Waals surface area contributed by atoms with Gasteiger partial charge in [-0.25, -0.2) is 0 Å². The number of nitrogens with one attached hydrogen (secondary N) is 1. The number of benzene rings is 2. The van der Waals surface area contributed by atoms with Crippen LogP contribution in [0.1, 0.15) is 31.9 Å². The van der Waals surface area contributed by atoms with Crippen LogP contribution in [0.15, 0.2) is 54.6 Å². The van der Waals surface area contributed by atoms with Gasteiger partial charge in [-0.3, -0.25) is 4.79 Å². The van der Waals surface area contributed by atoms with Crippen molar-refractivity contribution in [2.45, 2.75) is 32.7 Å². The van der Waals surface area contributed by atoms with Gasteiger partial charge < -0.3 is 10.1 Å². The minimum Gasteiger partial charge on any atom is -0.484 e. The van der Waals surface area contributed by atoms with E-state index in [1.807, 2.05) is 30.3 Å². The van der Waals surface area contributed by atoms with Crippen molar-refractivity contribution in [3.8, 4) is 5.75 Å². The first-order valence-corrected chi connectivity index (χ1v) is 7.49. The first-order valence-electron chi connectivity index (χ1n) is 7.49. The van der Waals surface area contributed by atoms with Crippen molar-refractivity contribution in [2.24, 2.45) is 0 Å². The Balaban J connectivity index is 1.79. The first-order chi connectivity index (χ1) is 10.4. The quantitative estimate of drug-likeness (QED) is 0.914. The molecule has 116 valence electrons. The van der Waals surface area contributed by atoms with Crippen LogP contribution >= 0.6 is 0 Å². The molecule has 0 aliphatic carbocycles. The molecule has 0 aliphatic heterocycles. The van der Waals surface area contributed by atoms with E-state index < -0.39 is 0 Å². The van der Waals surface area contributed by atoms with Crippen LogP contribution < -0.4 is 10.1 Å². The zero-order valence-electron chi connectivity index (χ0n) is 13.4. The Labute approximate surface area is 132 Å². The molecule has 0 bridgehead atoms. The SMILES string of the molecule is CC(C)(C)c1ccc(CNC(=O)COc2ccccc2)cc1. The molecule has 3 nitrogen and oxygen atoms in total. The number of carbonyl (C=O) groups is 1. The maximum atomic E-state index is 11.8. The Hall–Kier alpha value is -2.29. The lowest BCUT2D eigenvalue weighted by Crippen LogP contribution is -2.28. The maximum Gasteiger partial charge on any atom is 0.258 e. The van der Waals surface area contributed by atoms with E-state index in [4.69, 9.17) is 4.74 Å². The third-order valence-corrected chi connectivity index (χ3v) is 3.42. The summed E-state index contributed by atoms with van der Waals surface area (Å²) in [6.45, 7) is 7.10. The molecule has 0 spiro atoms. The van der Waals surface area contributed by atoms with Crippen molar-refractivity contribution < 1.29 is 9.53 Å². The summed E-state index contributed by atoms with van der Waals surface area (Å²) >= 11 is 0. The van der Waals surface area contributed by atoms with Gasteiger partial charge in [0.15, 0.2) is 6.61 Å². The van der Waals surface area contributed by atoms with Crippen LogP contribution in [0.5, 0.6) is 5.75 Å². The van der Waals surface area contributed by atoms with E-state index in [0.29, 0.717) is 12.3 Å². The average Bonchev–Trinajstić information content (AvgIpc) is 2.51. The molecule has 1 N–H and O–H groups in total. The van der Waals surface area contributed by atoms with Gasteiger partial charge in [0.25, 0.3) is 5.91 Å². The summed E-state index contributed by atoms with van der Waals surface area (Å²) in [4.78, 5) is 11.8. The fourth-order valence-corrected chi connectivity index (χ4v) is 2.04. The highest BCUT2D eigenvalue weighted by atomic mass is 16.5. The van der Waals surface area contributed by atoms with E-state index in [0.717, 1.165) is 5.56 Å². The van der Waals surface area contributed by atoms with Crippen LogP contribution in [0, 0.1) is 0 Å². The molecule has 0 saturated carbocycles. The standard InChI is InChI=1S/C19H23NO2/c1-19(2,3)16-11-9-15(10-12-16)13-20-18(21)14-22-17-7-5-4-6-8-17/h4-12H,13-14H2,1-3H3,(H,20,21). The zero-order valence-corrected chi connectivity index (χ0v) is 13.4. The van der Waals surface area contributed by atoms with Crippen LogP contribution in [0.2, 0.25) is 0 Å². The third-order valence-electron chi connectivity index (χ3n) is 3.42. The second kappa shape index (κ2) is 7.12. The third kappa shape index (κ3) is 4.92. The summed E-state index contributed by atoms with van der Waals surface area (Å²) < 4.78 is 5.41. The van der Waals surface area contributed by atoms with Gasteiger partial charge in [-0.05, 0) is 28.7 Å². The topological polar surface area (TPSA) is 38.3 Å². The van der Waals surface area contributed by atoms with Gasteiger partial charge in [-0.1, -0.05) is 63.2 Å². The molecule has 0 atom stereocenters. The van der Waals surface area contributed by atoms with E-state index in [1.54, 1.807) is 0 Å². The number of amides is 1. The lowest BCUT2D eigenvalue weighted by Gasteiger charge is -2.19. The number of para-hydroxylation sites is 1. The molecule has 3 heteroatoms. The van der Waals surface area contributed by atoms with Gasteiger partial charge in [0.05, 0.1) is 0 Å². The number of carbonyl (C=O) groups excluding carboxylic acids is 1. The molecule has 0 aromatic heterocycles. The minimum absolute atomic E-state index is 0.0318. The van der Waals surface area contributed by atoms with Gasteiger partial charge >= 0.3 is 0 Å². The highest BCUT2D eigenvalue weighted by Crippen LogP contribution is 2.22. The van der Waals surface area contributed by atoms with Gasteiger partial charge in [0.1, 0.15) is 5.75 Å². The van der Waals surface area contributed by atoms with Crippen molar-refractivity contribution in [3.05, 3.63) is 65.7 Å². The molecular weight excluding hydrogens is 274 g/mol. The van der Waals surface area contributed by atoms with Crippen LogP contribution in [-0.4, -0.2) is 12.5 Å². The van der Waals surface area contributed by atoms with Gasteiger partial charge in [0.2, 0.25) is 0 Å². The molecule has 2 rings (SSSR count). The highest BCUT2D eigenvalue weighted by Gasteiger charge is 2.12. The van der Waals surface area contributed by atoms with E-state index in [1.165, 1.54) is 5.56 Å². The Morgan fingerprint density at radius 1 is 1.00 bits per heavy atom. The molecule has 1 amide bonds. The fraction of sp³-hybridized carbons (Fsp3) is 0.316. The normalized spacial score (nSPS) is 11.0. The first kappa shape index (κ1) is 16.1. The number of ether oxygens (including phenoxy) is 1.